The molecule has 2 rings (SSSR count). The van der Waals surface area contributed by atoms with E-state index in [0.29, 0.717) is 0 Å². The molecule has 2 nitrogen and oxygen atoms in total. The summed E-state index contributed by atoms with van der Waals surface area (Å²) in [5, 5.41) is 12.6. The quantitative estimate of drug-likeness (QED) is 0.824. The smallest absolute Gasteiger partial charge is 0.200 e. The zero-order valence-corrected chi connectivity index (χ0v) is 12.8. The van der Waals surface area contributed by atoms with E-state index in [-0.39, 0.29) is 11.3 Å². The first-order valence-corrected chi connectivity index (χ1v) is 7.26. The van der Waals surface area contributed by atoms with Gasteiger partial charge in [-0.1, -0.05) is 64.1 Å². The summed E-state index contributed by atoms with van der Waals surface area (Å²) >= 11 is 0. The average molecular weight is 272 g/mol. The van der Waals surface area contributed by atoms with E-state index >= 15 is 0 Å². The van der Waals surface area contributed by atoms with Crippen molar-refractivity contribution in [3.05, 3.63) is 42.5 Å². The van der Waals surface area contributed by atoms with E-state index in [2.05, 4.69) is 39.8 Å². The molecule has 2 aromatic rings. The lowest BCUT2D eigenvalue weighted by molar-refractivity contribution is -0.0951. The molecule has 2 heteroatoms. The molecule has 20 heavy (non-hydrogen) atoms. The highest BCUT2D eigenvalue weighted by atomic mass is 16.6. The molecule has 0 aliphatic rings. The number of hydrogen-bond acceptors (Lipinski definition) is 2. The van der Waals surface area contributed by atoms with E-state index in [9.17, 15) is 5.11 Å². The monoisotopic (exact) mass is 272 g/mol. The Bertz CT molecular complexity index is 564. The van der Waals surface area contributed by atoms with Crippen LogP contribution in [0.25, 0.3) is 10.8 Å². The minimum Gasteiger partial charge on any atom is -0.464 e. The van der Waals surface area contributed by atoms with Crippen LogP contribution in [0.3, 0.4) is 0 Å². The van der Waals surface area contributed by atoms with Crippen LogP contribution in [0.5, 0.6) is 5.75 Å². The Balaban J connectivity index is 2.28. The van der Waals surface area contributed by atoms with Crippen LogP contribution in [0, 0.1) is 11.3 Å². The minimum absolute atomic E-state index is 0.0126. The molecule has 0 heterocycles. The van der Waals surface area contributed by atoms with Crippen LogP contribution in [0.2, 0.25) is 0 Å². The first kappa shape index (κ1) is 14.9. The van der Waals surface area contributed by atoms with Crippen LogP contribution in [-0.4, -0.2) is 11.4 Å². The van der Waals surface area contributed by atoms with Crippen LogP contribution in [0.15, 0.2) is 42.5 Å². The van der Waals surface area contributed by atoms with Gasteiger partial charge in [0.25, 0.3) is 0 Å². The third-order valence-corrected chi connectivity index (χ3v) is 3.89. The van der Waals surface area contributed by atoms with E-state index in [1.54, 1.807) is 0 Å². The minimum atomic E-state index is -0.786. The van der Waals surface area contributed by atoms with E-state index in [0.717, 1.165) is 22.9 Å². The van der Waals surface area contributed by atoms with Crippen LogP contribution in [-0.2, 0) is 0 Å². The molecule has 108 valence electrons. The Morgan fingerprint density at radius 3 is 2.35 bits per heavy atom. The van der Waals surface area contributed by atoms with Crippen LogP contribution >= 0.6 is 0 Å². The van der Waals surface area contributed by atoms with Crippen LogP contribution in [0.1, 0.15) is 34.1 Å². The van der Waals surface area contributed by atoms with E-state index < -0.39 is 6.29 Å². The van der Waals surface area contributed by atoms with Gasteiger partial charge in [-0.05, 0) is 23.3 Å². The van der Waals surface area contributed by atoms with Gasteiger partial charge in [-0.25, -0.2) is 0 Å². The highest BCUT2D eigenvalue weighted by molar-refractivity contribution is 5.88. The molecular formula is C18H24O2. The molecule has 0 radical (unpaired) electrons. The fourth-order valence-corrected chi connectivity index (χ4v) is 2.75. The van der Waals surface area contributed by atoms with E-state index in [1.165, 1.54) is 0 Å². The molecule has 0 amide bonds. The Hall–Kier alpha value is -1.54. The van der Waals surface area contributed by atoms with E-state index in [4.69, 9.17) is 4.74 Å². The van der Waals surface area contributed by atoms with Crippen molar-refractivity contribution in [3.8, 4) is 5.75 Å². The van der Waals surface area contributed by atoms with Crippen LogP contribution < -0.4 is 4.74 Å². The first-order chi connectivity index (χ1) is 9.43. The molecule has 0 spiro atoms. The van der Waals surface area contributed by atoms with Crippen molar-refractivity contribution < 1.29 is 9.84 Å². The number of aliphatic hydroxyl groups excluding tert-OH is 1. The van der Waals surface area contributed by atoms with Gasteiger partial charge in [0.05, 0.1) is 0 Å². The van der Waals surface area contributed by atoms with Gasteiger partial charge < -0.3 is 9.84 Å². The van der Waals surface area contributed by atoms with Crippen molar-refractivity contribution in [1.29, 1.82) is 0 Å². The Morgan fingerprint density at radius 1 is 1.05 bits per heavy atom. The van der Waals surface area contributed by atoms with Gasteiger partial charge in [-0.2, -0.15) is 0 Å². The summed E-state index contributed by atoms with van der Waals surface area (Å²) < 4.78 is 5.86. The van der Waals surface area contributed by atoms with Gasteiger partial charge in [0.2, 0.25) is 6.29 Å². The first-order valence-electron chi connectivity index (χ1n) is 7.26. The molecule has 0 bridgehead atoms. The van der Waals surface area contributed by atoms with Gasteiger partial charge >= 0.3 is 0 Å². The highest BCUT2D eigenvalue weighted by Gasteiger charge is 2.31. The molecule has 0 fully saturated rings. The standard InChI is InChI=1S/C18H24O2/c1-5-15(18(2,3)4)17(19)20-16-12-8-10-13-9-6-7-11-14(13)16/h6-12,15,17,19H,5H2,1-4H3. The largest absolute Gasteiger partial charge is 0.464 e. The second kappa shape index (κ2) is 5.84. The lowest BCUT2D eigenvalue weighted by Crippen LogP contribution is -2.35. The van der Waals surface area contributed by atoms with Gasteiger partial charge in [-0.3, -0.25) is 0 Å². The number of aliphatic hydroxyl groups is 1. The number of fused-ring (bicyclic) bond motifs is 1. The number of rotatable bonds is 4. The molecule has 2 unspecified atom stereocenters. The second-order valence-corrected chi connectivity index (χ2v) is 6.37. The zero-order chi connectivity index (χ0) is 14.8. The Kier molecular flexibility index (Phi) is 4.34. The summed E-state index contributed by atoms with van der Waals surface area (Å²) in [5.41, 5.74) is 0.0126. The van der Waals surface area contributed by atoms with Gasteiger partial charge in [0.1, 0.15) is 5.75 Å². The molecule has 2 atom stereocenters. The van der Waals surface area contributed by atoms with Gasteiger partial charge in [-0.15, -0.1) is 0 Å². The normalized spacial score (nSPS) is 15.1. The summed E-state index contributed by atoms with van der Waals surface area (Å²) in [5.74, 6) is 0.847. The molecule has 0 aliphatic heterocycles. The number of hydrogen-bond donors (Lipinski definition) is 1. The summed E-state index contributed by atoms with van der Waals surface area (Å²) in [4.78, 5) is 0. The SMILES string of the molecule is CCC(C(O)Oc1cccc2ccccc12)C(C)(C)C. The lowest BCUT2D eigenvalue weighted by atomic mass is 9.78. The van der Waals surface area contributed by atoms with Gasteiger partial charge in [0, 0.05) is 11.3 Å². The van der Waals surface area contributed by atoms with E-state index in [1.807, 2.05) is 30.3 Å². The fraction of sp³-hybridized carbons (Fsp3) is 0.444. The second-order valence-electron chi connectivity index (χ2n) is 6.37. The summed E-state index contributed by atoms with van der Waals surface area (Å²) in [6.07, 6.45) is 0.0981. The highest BCUT2D eigenvalue weighted by Crippen LogP contribution is 2.34. The third kappa shape index (κ3) is 3.13. The average Bonchev–Trinajstić information content (AvgIpc) is 2.38. The topological polar surface area (TPSA) is 29.5 Å². The summed E-state index contributed by atoms with van der Waals surface area (Å²) in [6, 6.07) is 14.0. The van der Waals surface area contributed by atoms with Crippen molar-refractivity contribution >= 4 is 10.8 Å². The predicted octanol–water partition coefficient (Wildman–Crippen LogP) is 4.61. The molecule has 0 saturated heterocycles. The van der Waals surface area contributed by atoms with Crippen molar-refractivity contribution in [2.24, 2.45) is 11.3 Å². The molecule has 0 aromatic heterocycles. The maximum absolute atomic E-state index is 10.4. The Morgan fingerprint density at radius 2 is 1.70 bits per heavy atom. The number of benzene rings is 2. The Labute approximate surface area is 121 Å². The molecule has 0 saturated carbocycles. The fourth-order valence-electron chi connectivity index (χ4n) is 2.75. The third-order valence-electron chi connectivity index (χ3n) is 3.89. The number of ether oxygens (including phenoxy) is 1. The summed E-state index contributed by atoms with van der Waals surface area (Å²) in [6.45, 7) is 8.50. The van der Waals surface area contributed by atoms with Crippen molar-refractivity contribution in [3.63, 3.8) is 0 Å². The molecule has 0 aliphatic carbocycles. The maximum atomic E-state index is 10.4. The zero-order valence-electron chi connectivity index (χ0n) is 12.8. The van der Waals surface area contributed by atoms with Crippen molar-refractivity contribution in [1.82, 2.24) is 0 Å². The summed E-state index contributed by atoms with van der Waals surface area (Å²) in [7, 11) is 0. The van der Waals surface area contributed by atoms with Crippen molar-refractivity contribution in [2.45, 2.75) is 40.4 Å². The molecule has 2 aromatic carbocycles. The molecular weight excluding hydrogens is 248 g/mol. The molecule has 1 N–H and O–H groups in total. The predicted molar refractivity (Wildman–Crippen MR) is 83.8 cm³/mol. The lowest BCUT2D eigenvalue weighted by Gasteiger charge is -2.33. The van der Waals surface area contributed by atoms with Gasteiger partial charge in [0.15, 0.2) is 0 Å². The maximum Gasteiger partial charge on any atom is 0.200 e. The van der Waals surface area contributed by atoms with Crippen LogP contribution in [0.4, 0.5) is 0 Å². The van der Waals surface area contributed by atoms with Crippen molar-refractivity contribution in [2.75, 3.05) is 0 Å².